The number of carbonyl (C=O) groups is 2. The number of piperazine rings is 1. The highest BCUT2D eigenvalue weighted by Crippen LogP contribution is 2.44. The SMILES string of the molecule is CO/N=C1\C(=O)N(CCn2cc(CN3CCN(c4c(F)cc5c(=O)c(C(=O)O)cn(C6CC6)c5c4OC)CC3C)nn2)c2ccc(F)cc21. The Morgan fingerprint density at radius 3 is 2.59 bits per heavy atom. The molecule has 49 heavy (non-hydrogen) atoms. The molecule has 1 saturated heterocycles. The van der Waals surface area contributed by atoms with Gasteiger partial charge in [0.1, 0.15) is 24.2 Å². The number of fused-ring (bicyclic) bond motifs is 2. The van der Waals surface area contributed by atoms with Crippen molar-refractivity contribution in [2.24, 2.45) is 5.16 Å². The molecule has 3 aliphatic rings. The zero-order chi connectivity index (χ0) is 34.6. The molecule has 256 valence electrons. The van der Waals surface area contributed by atoms with E-state index >= 15 is 4.39 Å². The van der Waals surface area contributed by atoms with Crippen LogP contribution in [0.5, 0.6) is 5.75 Å². The Morgan fingerprint density at radius 1 is 1.10 bits per heavy atom. The van der Waals surface area contributed by atoms with E-state index in [2.05, 4.69) is 20.4 Å². The zero-order valence-corrected chi connectivity index (χ0v) is 27.1. The molecule has 1 aliphatic carbocycles. The summed E-state index contributed by atoms with van der Waals surface area (Å²) in [5, 5.41) is 22.0. The van der Waals surface area contributed by atoms with Gasteiger partial charge in [-0.2, -0.15) is 0 Å². The first-order valence-corrected chi connectivity index (χ1v) is 15.9. The van der Waals surface area contributed by atoms with E-state index in [0.717, 1.165) is 18.9 Å². The number of aromatic nitrogens is 4. The van der Waals surface area contributed by atoms with E-state index in [1.807, 2.05) is 18.0 Å². The van der Waals surface area contributed by atoms with E-state index in [0.29, 0.717) is 55.2 Å². The van der Waals surface area contributed by atoms with Crippen LogP contribution in [0.15, 0.2) is 46.6 Å². The summed E-state index contributed by atoms with van der Waals surface area (Å²) >= 11 is 0. The molecule has 2 aliphatic heterocycles. The van der Waals surface area contributed by atoms with Crippen LogP contribution in [-0.4, -0.2) is 93.6 Å². The van der Waals surface area contributed by atoms with Gasteiger partial charge in [-0.25, -0.2) is 13.6 Å². The third-order valence-electron chi connectivity index (χ3n) is 9.29. The largest absolute Gasteiger partial charge is 0.492 e. The fraction of sp³-hybridized carbons (Fsp3) is 0.394. The lowest BCUT2D eigenvalue weighted by Gasteiger charge is -2.41. The second-order valence-electron chi connectivity index (χ2n) is 12.4. The highest BCUT2D eigenvalue weighted by Gasteiger charge is 2.36. The molecule has 1 unspecified atom stereocenters. The normalized spacial score (nSPS) is 18.8. The van der Waals surface area contributed by atoms with E-state index < -0.39 is 34.5 Å². The number of carbonyl (C=O) groups excluding carboxylic acids is 1. The number of ether oxygens (including phenoxy) is 1. The molecule has 14 nitrogen and oxygen atoms in total. The minimum Gasteiger partial charge on any atom is -0.492 e. The van der Waals surface area contributed by atoms with Crippen molar-refractivity contribution in [2.75, 3.05) is 50.2 Å². The molecule has 4 heterocycles. The molecule has 0 radical (unpaired) electrons. The number of amides is 1. The maximum atomic E-state index is 15.8. The Labute approximate surface area is 278 Å². The number of hydrogen-bond acceptors (Lipinski definition) is 10. The molecule has 4 aromatic rings. The monoisotopic (exact) mass is 676 g/mol. The number of carboxylic acid groups (broad SMARTS) is 1. The van der Waals surface area contributed by atoms with Crippen molar-refractivity contribution in [1.82, 2.24) is 24.5 Å². The van der Waals surface area contributed by atoms with Gasteiger partial charge in [0.25, 0.3) is 5.91 Å². The van der Waals surface area contributed by atoms with E-state index in [4.69, 9.17) is 9.57 Å². The molecule has 2 aromatic carbocycles. The standard InChI is InChI=1S/C33H34F2N8O6/c1-18-14-40(29-25(35)13-23-28(31(29)48-2)43(21-5-6-21)17-24(30(23)44)33(46)47)9-8-39(18)15-20-16-41(38-36-20)10-11-42-26-7-4-19(34)12-22(26)27(32(42)45)37-49-3/h4,7,12-13,16-18,21H,5-6,8-11,14-15H2,1-3H3,(H,46,47)/b37-27-. The van der Waals surface area contributed by atoms with Crippen molar-refractivity contribution < 1.29 is 33.1 Å². The van der Waals surface area contributed by atoms with Crippen molar-refractivity contribution in [3.8, 4) is 5.75 Å². The van der Waals surface area contributed by atoms with Crippen molar-refractivity contribution in [3.63, 3.8) is 0 Å². The maximum absolute atomic E-state index is 15.8. The number of oxime groups is 1. The van der Waals surface area contributed by atoms with Gasteiger partial charge >= 0.3 is 5.97 Å². The predicted octanol–water partition coefficient (Wildman–Crippen LogP) is 3.02. The number of benzene rings is 2. The second-order valence-corrected chi connectivity index (χ2v) is 12.4. The van der Waals surface area contributed by atoms with Gasteiger partial charge in [-0.1, -0.05) is 10.4 Å². The Balaban J connectivity index is 1.05. The summed E-state index contributed by atoms with van der Waals surface area (Å²) in [4.78, 5) is 48.3. The average molecular weight is 677 g/mol. The molecular formula is C33H34F2N8O6. The number of nitrogens with zero attached hydrogens (tertiary/aromatic N) is 8. The Bertz CT molecular complexity index is 2080. The molecular weight excluding hydrogens is 642 g/mol. The summed E-state index contributed by atoms with van der Waals surface area (Å²) in [6.45, 7) is 4.58. The second kappa shape index (κ2) is 12.6. The predicted molar refractivity (Wildman–Crippen MR) is 174 cm³/mol. The molecule has 1 N–H and O–H groups in total. The van der Waals surface area contributed by atoms with Gasteiger partial charge in [-0.15, -0.1) is 5.10 Å². The summed E-state index contributed by atoms with van der Waals surface area (Å²) in [7, 11) is 2.75. The molecule has 1 atom stereocenters. The summed E-state index contributed by atoms with van der Waals surface area (Å²) in [5.74, 6) is -2.67. The van der Waals surface area contributed by atoms with Gasteiger partial charge in [0.2, 0.25) is 5.43 Å². The lowest BCUT2D eigenvalue weighted by molar-refractivity contribution is -0.112. The molecule has 0 bridgehead atoms. The van der Waals surface area contributed by atoms with Gasteiger partial charge in [-0.3, -0.25) is 19.2 Å². The Morgan fingerprint density at radius 2 is 1.90 bits per heavy atom. The van der Waals surface area contributed by atoms with Crippen molar-refractivity contribution in [2.45, 2.75) is 44.9 Å². The molecule has 1 saturated carbocycles. The van der Waals surface area contributed by atoms with Crippen molar-refractivity contribution in [1.29, 1.82) is 0 Å². The van der Waals surface area contributed by atoms with Crippen LogP contribution in [0.1, 0.15) is 47.4 Å². The average Bonchev–Trinajstić information content (AvgIpc) is 3.77. The lowest BCUT2D eigenvalue weighted by atomic mass is 10.1. The van der Waals surface area contributed by atoms with Crippen LogP contribution in [0, 0.1) is 11.6 Å². The minimum atomic E-state index is -1.36. The number of pyridine rings is 1. The topological polar surface area (TPSA) is 148 Å². The summed E-state index contributed by atoms with van der Waals surface area (Å²) in [5.41, 5.74) is 1.15. The first-order chi connectivity index (χ1) is 23.6. The highest BCUT2D eigenvalue weighted by atomic mass is 19.1. The minimum absolute atomic E-state index is 0.01000. The van der Waals surface area contributed by atoms with Crippen LogP contribution in [0.2, 0.25) is 0 Å². The van der Waals surface area contributed by atoms with Gasteiger partial charge in [0, 0.05) is 62.8 Å². The van der Waals surface area contributed by atoms with E-state index in [9.17, 15) is 23.9 Å². The molecule has 2 fully saturated rings. The third-order valence-corrected chi connectivity index (χ3v) is 9.29. The zero-order valence-electron chi connectivity index (χ0n) is 27.1. The summed E-state index contributed by atoms with van der Waals surface area (Å²) in [6.07, 6.45) is 4.80. The van der Waals surface area contributed by atoms with Crippen LogP contribution >= 0.6 is 0 Å². The van der Waals surface area contributed by atoms with Crippen LogP contribution in [0.4, 0.5) is 20.2 Å². The Hall–Kier alpha value is -5.38. The first kappa shape index (κ1) is 32.2. The molecule has 7 rings (SSSR count). The van der Waals surface area contributed by atoms with E-state index in [-0.39, 0.29) is 41.2 Å². The first-order valence-electron chi connectivity index (χ1n) is 15.9. The fourth-order valence-corrected chi connectivity index (χ4v) is 6.78. The number of halogens is 2. The quantitative estimate of drug-likeness (QED) is 0.249. The number of carboxylic acids is 1. The van der Waals surface area contributed by atoms with Gasteiger partial charge in [0.15, 0.2) is 17.3 Å². The fourth-order valence-electron chi connectivity index (χ4n) is 6.78. The van der Waals surface area contributed by atoms with E-state index in [1.165, 1.54) is 43.5 Å². The van der Waals surface area contributed by atoms with Gasteiger partial charge < -0.3 is 29.0 Å². The smallest absolute Gasteiger partial charge is 0.341 e. The number of aromatic carboxylic acids is 1. The Kier molecular flexibility index (Phi) is 8.26. The van der Waals surface area contributed by atoms with Crippen molar-refractivity contribution in [3.05, 3.63) is 75.3 Å². The number of hydrogen-bond donors (Lipinski definition) is 1. The molecule has 2 aromatic heterocycles. The highest BCUT2D eigenvalue weighted by molar-refractivity contribution is 6.54. The number of anilines is 2. The van der Waals surface area contributed by atoms with Gasteiger partial charge in [-0.05, 0) is 44.0 Å². The molecule has 1 amide bonds. The summed E-state index contributed by atoms with van der Waals surface area (Å²) < 4.78 is 38.9. The maximum Gasteiger partial charge on any atom is 0.341 e. The van der Waals surface area contributed by atoms with E-state index in [1.54, 1.807) is 9.25 Å². The lowest BCUT2D eigenvalue weighted by Crippen LogP contribution is -2.51. The van der Waals surface area contributed by atoms with Crippen molar-refractivity contribution >= 4 is 39.9 Å². The summed E-state index contributed by atoms with van der Waals surface area (Å²) in [6, 6.07) is 5.20. The van der Waals surface area contributed by atoms with Crippen LogP contribution in [0.25, 0.3) is 10.9 Å². The number of methoxy groups -OCH3 is 1. The van der Waals surface area contributed by atoms with Crippen LogP contribution < -0.4 is 20.0 Å². The molecule has 16 heteroatoms. The van der Waals surface area contributed by atoms with Gasteiger partial charge in [0.05, 0.1) is 35.9 Å². The molecule has 0 spiro atoms. The number of rotatable bonds is 10. The van der Waals surface area contributed by atoms with Crippen LogP contribution in [-0.2, 0) is 22.7 Å². The third kappa shape index (κ3) is 5.75. The van der Waals surface area contributed by atoms with Crippen LogP contribution in [0.3, 0.4) is 0 Å².